The Bertz CT molecular complexity index is 985. The van der Waals surface area contributed by atoms with Crippen LogP contribution in [0.3, 0.4) is 0 Å². The molecule has 0 fully saturated rings. The lowest BCUT2D eigenvalue weighted by atomic mass is 10.1. The van der Waals surface area contributed by atoms with E-state index in [1.54, 1.807) is 25.3 Å². The van der Waals surface area contributed by atoms with E-state index in [0.29, 0.717) is 22.2 Å². The van der Waals surface area contributed by atoms with Gasteiger partial charge in [-0.3, -0.25) is 4.79 Å². The maximum absolute atomic E-state index is 12.5. The highest BCUT2D eigenvalue weighted by Gasteiger charge is 2.18. The molecule has 8 heteroatoms. The Kier molecular flexibility index (Phi) is 4.72. The van der Waals surface area contributed by atoms with Crippen LogP contribution in [0.4, 0.5) is 0 Å². The lowest BCUT2D eigenvalue weighted by molar-refractivity contribution is 0.102. The van der Waals surface area contributed by atoms with Crippen LogP contribution < -0.4 is 14.2 Å². The molecule has 0 radical (unpaired) electrons. The van der Waals surface area contributed by atoms with Crippen LogP contribution in [0.2, 0.25) is 0 Å². The number of carbonyl (C=O) groups is 1. The van der Waals surface area contributed by atoms with Crippen molar-refractivity contribution in [3.63, 3.8) is 0 Å². The van der Waals surface area contributed by atoms with Crippen LogP contribution in [0, 0.1) is 0 Å². The highest BCUT2D eigenvalue weighted by molar-refractivity contribution is 7.99. The number of ketones is 1. The second-order valence-electron chi connectivity index (χ2n) is 5.87. The van der Waals surface area contributed by atoms with Crippen LogP contribution in [0.1, 0.15) is 10.4 Å². The second-order valence-corrected chi connectivity index (χ2v) is 6.82. The Hall–Kier alpha value is -3.00. The minimum absolute atomic E-state index is 0.00713. The van der Waals surface area contributed by atoms with Crippen LogP contribution in [0.5, 0.6) is 17.2 Å². The Labute approximate surface area is 160 Å². The fourth-order valence-electron chi connectivity index (χ4n) is 2.72. The third-order valence-electron chi connectivity index (χ3n) is 4.21. The number of thioether (sulfide) groups is 1. The zero-order valence-corrected chi connectivity index (χ0v) is 15.7. The summed E-state index contributed by atoms with van der Waals surface area (Å²) >= 11 is 1.35. The number of methoxy groups -OCH3 is 1. The molecule has 0 saturated heterocycles. The van der Waals surface area contributed by atoms with Crippen molar-refractivity contribution < 1.29 is 19.0 Å². The number of benzene rings is 2. The summed E-state index contributed by atoms with van der Waals surface area (Å²) < 4.78 is 17.6. The lowest BCUT2D eigenvalue weighted by Crippen LogP contribution is -2.04. The van der Waals surface area contributed by atoms with Gasteiger partial charge in [-0.15, -0.1) is 10.2 Å². The summed E-state index contributed by atoms with van der Waals surface area (Å²) in [6.45, 7) is 0.189. The number of Topliss-reactive ketones (excluding diaryl/α,β-unsaturated/α-hetero) is 1. The van der Waals surface area contributed by atoms with Gasteiger partial charge in [0.1, 0.15) is 5.75 Å². The number of ether oxygens (including phenoxy) is 3. The van der Waals surface area contributed by atoms with Gasteiger partial charge in [0.2, 0.25) is 6.79 Å². The van der Waals surface area contributed by atoms with Crippen molar-refractivity contribution in [2.75, 3.05) is 19.7 Å². The number of fused-ring (bicyclic) bond motifs is 1. The van der Waals surface area contributed by atoms with Gasteiger partial charge in [0.05, 0.1) is 12.9 Å². The molecule has 7 nitrogen and oxygen atoms in total. The second kappa shape index (κ2) is 7.32. The van der Waals surface area contributed by atoms with Gasteiger partial charge < -0.3 is 18.8 Å². The zero-order valence-electron chi connectivity index (χ0n) is 14.8. The summed E-state index contributed by atoms with van der Waals surface area (Å²) in [4.78, 5) is 12.5. The first-order valence-corrected chi connectivity index (χ1v) is 9.24. The number of hydrogen-bond acceptors (Lipinski definition) is 7. The molecule has 4 rings (SSSR count). The molecule has 0 unspecified atom stereocenters. The van der Waals surface area contributed by atoms with Crippen molar-refractivity contribution in [2.45, 2.75) is 5.16 Å². The minimum atomic E-state index is -0.00713. The normalized spacial score (nSPS) is 12.2. The topological polar surface area (TPSA) is 75.5 Å². The zero-order chi connectivity index (χ0) is 18.8. The smallest absolute Gasteiger partial charge is 0.231 e. The van der Waals surface area contributed by atoms with Gasteiger partial charge in [-0.25, -0.2) is 0 Å². The van der Waals surface area contributed by atoms with E-state index in [1.807, 2.05) is 35.9 Å². The van der Waals surface area contributed by atoms with E-state index in [-0.39, 0.29) is 18.3 Å². The highest BCUT2D eigenvalue weighted by atomic mass is 32.2. The first-order chi connectivity index (χ1) is 13.2. The Morgan fingerprint density at radius 1 is 1.15 bits per heavy atom. The number of hydrogen-bond donors (Lipinski definition) is 0. The van der Waals surface area contributed by atoms with Gasteiger partial charge >= 0.3 is 0 Å². The molecule has 27 heavy (non-hydrogen) atoms. The summed E-state index contributed by atoms with van der Waals surface area (Å²) in [7, 11) is 3.51. The summed E-state index contributed by atoms with van der Waals surface area (Å²) in [5.74, 6) is 3.03. The van der Waals surface area contributed by atoms with E-state index in [1.165, 1.54) is 11.8 Å². The molecule has 2 heterocycles. The SMILES string of the molecule is COc1ccc(-c2nnc(SCC(=O)c3ccc4c(c3)OCO4)n2C)cc1. The molecule has 138 valence electrons. The van der Waals surface area contributed by atoms with E-state index < -0.39 is 0 Å². The summed E-state index contributed by atoms with van der Waals surface area (Å²) in [6, 6.07) is 12.8. The van der Waals surface area contributed by atoms with E-state index >= 15 is 0 Å². The molecule has 1 aliphatic rings. The van der Waals surface area contributed by atoms with Crippen molar-refractivity contribution in [3.8, 4) is 28.6 Å². The van der Waals surface area contributed by atoms with E-state index in [0.717, 1.165) is 17.1 Å². The molecular weight excluding hydrogens is 366 g/mol. The van der Waals surface area contributed by atoms with Crippen molar-refractivity contribution >= 4 is 17.5 Å². The third kappa shape index (κ3) is 3.48. The Morgan fingerprint density at radius 3 is 2.70 bits per heavy atom. The molecule has 0 amide bonds. The van der Waals surface area contributed by atoms with Crippen LogP contribution >= 0.6 is 11.8 Å². The third-order valence-corrected chi connectivity index (χ3v) is 5.23. The minimum Gasteiger partial charge on any atom is -0.497 e. The number of aromatic nitrogens is 3. The van der Waals surface area contributed by atoms with Crippen molar-refractivity contribution in [2.24, 2.45) is 7.05 Å². The van der Waals surface area contributed by atoms with E-state index in [4.69, 9.17) is 14.2 Å². The predicted octanol–water partition coefficient (Wildman–Crippen LogP) is 3.19. The van der Waals surface area contributed by atoms with Crippen LogP contribution in [-0.2, 0) is 7.05 Å². The van der Waals surface area contributed by atoms with Gasteiger partial charge in [0.25, 0.3) is 0 Å². The molecule has 0 bridgehead atoms. The summed E-state index contributed by atoms with van der Waals surface area (Å²) in [5, 5.41) is 9.12. The van der Waals surface area contributed by atoms with Crippen molar-refractivity contribution in [3.05, 3.63) is 48.0 Å². The molecule has 1 aliphatic heterocycles. The van der Waals surface area contributed by atoms with E-state index in [9.17, 15) is 4.79 Å². The molecule has 0 atom stereocenters. The van der Waals surface area contributed by atoms with Gasteiger partial charge in [0, 0.05) is 18.2 Å². The monoisotopic (exact) mass is 383 g/mol. The molecule has 1 aromatic heterocycles. The van der Waals surface area contributed by atoms with E-state index in [2.05, 4.69) is 10.2 Å². The number of carbonyl (C=O) groups excluding carboxylic acids is 1. The Balaban J connectivity index is 1.45. The van der Waals surface area contributed by atoms with Crippen molar-refractivity contribution in [1.82, 2.24) is 14.8 Å². The number of nitrogens with zero attached hydrogens (tertiary/aromatic N) is 3. The van der Waals surface area contributed by atoms with Gasteiger partial charge in [0.15, 0.2) is 28.3 Å². The van der Waals surface area contributed by atoms with Gasteiger partial charge in [-0.2, -0.15) is 0 Å². The quantitative estimate of drug-likeness (QED) is 0.478. The number of rotatable bonds is 6. The van der Waals surface area contributed by atoms with Gasteiger partial charge in [-0.05, 0) is 42.5 Å². The molecule has 0 aliphatic carbocycles. The standard InChI is InChI=1S/C19H17N3O4S/c1-22-18(12-3-6-14(24-2)7-4-12)20-21-19(22)27-10-15(23)13-5-8-16-17(9-13)26-11-25-16/h3-9H,10-11H2,1-2H3. The van der Waals surface area contributed by atoms with Crippen LogP contribution in [0.15, 0.2) is 47.6 Å². The van der Waals surface area contributed by atoms with Crippen LogP contribution in [0.25, 0.3) is 11.4 Å². The average molecular weight is 383 g/mol. The lowest BCUT2D eigenvalue weighted by Gasteiger charge is -2.05. The molecule has 2 aromatic carbocycles. The summed E-state index contributed by atoms with van der Waals surface area (Å²) in [5.41, 5.74) is 1.52. The fourth-order valence-corrected chi connectivity index (χ4v) is 3.52. The first-order valence-electron chi connectivity index (χ1n) is 8.25. The summed E-state index contributed by atoms with van der Waals surface area (Å²) in [6.07, 6.45) is 0. The predicted molar refractivity (Wildman–Crippen MR) is 101 cm³/mol. The molecule has 0 spiro atoms. The van der Waals surface area contributed by atoms with Gasteiger partial charge in [-0.1, -0.05) is 11.8 Å². The highest BCUT2D eigenvalue weighted by Crippen LogP contribution is 2.33. The maximum Gasteiger partial charge on any atom is 0.231 e. The average Bonchev–Trinajstić information content (AvgIpc) is 3.32. The first kappa shape index (κ1) is 17.4. The molecular formula is C19H17N3O4S. The Morgan fingerprint density at radius 2 is 1.93 bits per heavy atom. The molecule has 0 saturated carbocycles. The fraction of sp³-hybridized carbons (Fsp3) is 0.211. The largest absolute Gasteiger partial charge is 0.497 e. The maximum atomic E-state index is 12.5. The molecule has 0 N–H and O–H groups in total. The molecule has 3 aromatic rings. The van der Waals surface area contributed by atoms with Crippen molar-refractivity contribution in [1.29, 1.82) is 0 Å². The van der Waals surface area contributed by atoms with Crippen LogP contribution in [-0.4, -0.2) is 40.2 Å².